The molecule has 3 aromatic rings. The van der Waals surface area contributed by atoms with Crippen LogP contribution >= 0.6 is 11.3 Å². The number of aromatic nitrogens is 1. The van der Waals surface area contributed by atoms with E-state index < -0.39 is 23.4 Å². The summed E-state index contributed by atoms with van der Waals surface area (Å²) in [4.78, 5) is 19.4. The smallest absolute Gasteiger partial charge is 0.309 e. The lowest BCUT2D eigenvalue weighted by atomic mass is 9.74. The van der Waals surface area contributed by atoms with Gasteiger partial charge in [-0.2, -0.15) is 0 Å². The zero-order valence-electron chi connectivity index (χ0n) is 18.9. The topological polar surface area (TPSA) is 62.7 Å². The van der Waals surface area contributed by atoms with Crippen molar-refractivity contribution in [3.8, 4) is 17.6 Å². The van der Waals surface area contributed by atoms with E-state index in [0.29, 0.717) is 49.1 Å². The lowest BCUT2D eigenvalue weighted by Crippen LogP contribution is -2.44. The van der Waals surface area contributed by atoms with Gasteiger partial charge in [-0.1, -0.05) is 17.9 Å². The molecule has 0 saturated carbocycles. The van der Waals surface area contributed by atoms with E-state index in [-0.39, 0.29) is 18.4 Å². The molecule has 4 rings (SSSR count). The Morgan fingerprint density at radius 2 is 2.15 bits per heavy atom. The summed E-state index contributed by atoms with van der Waals surface area (Å²) in [6, 6.07) is 8.81. The molecule has 0 spiro atoms. The van der Waals surface area contributed by atoms with Crippen LogP contribution in [0, 0.1) is 23.1 Å². The highest BCUT2D eigenvalue weighted by Crippen LogP contribution is 2.41. The summed E-state index contributed by atoms with van der Waals surface area (Å²) < 4.78 is 35.2. The summed E-state index contributed by atoms with van der Waals surface area (Å²) in [5, 5.41) is 12.3. The molecular formula is C26H26F2N2O3S. The SMILES string of the molecule is COc1ccc2ncc(F)c([C@@H](F)CCC3(C(=O)O)CCN(CC#Cc4cccs4)CC3)c2c1. The number of likely N-dealkylation sites (tertiary alicyclic amines) is 1. The number of methoxy groups -OCH3 is 1. The number of ether oxygens (including phenoxy) is 1. The molecule has 8 heteroatoms. The van der Waals surface area contributed by atoms with E-state index in [2.05, 4.69) is 21.7 Å². The van der Waals surface area contributed by atoms with Crippen molar-refractivity contribution in [3.05, 3.63) is 58.2 Å². The van der Waals surface area contributed by atoms with E-state index in [0.717, 1.165) is 11.1 Å². The molecule has 178 valence electrons. The van der Waals surface area contributed by atoms with Crippen LogP contribution in [0.3, 0.4) is 0 Å². The number of rotatable bonds is 7. The fraction of sp³-hybridized carbons (Fsp3) is 0.385. The Morgan fingerprint density at radius 1 is 1.35 bits per heavy atom. The zero-order chi connectivity index (χ0) is 24.1. The highest BCUT2D eigenvalue weighted by Gasteiger charge is 2.41. The minimum absolute atomic E-state index is 0.0856. The average molecular weight is 485 g/mol. The van der Waals surface area contributed by atoms with E-state index in [1.807, 2.05) is 17.5 Å². The molecule has 0 amide bonds. The predicted octanol–water partition coefficient (Wildman–Crippen LogP) is 5.45. The maximum atomic E-state index is 15.4. The van der Waals surface area contributed by atoms with Crippen molar-refractivity contribution in [2.24, 2.45) is 5.41 Å². The first kappa shape index (κ1) is 24.1. The molecular weight excluding hydrogens is 458 g/mol. The summed E-state index contributed by atoms with van der Waals surface area (Å²) in [5.41, 5.74) is -0.658. The zero-order valence-corrected chi connectivity index (χ0v) is 19.7. The number of benzene rings is 1. The van der Waals surface area contributed by atoms with Crippen molar-refractivity contribution in [1.29, 1.82) is 0 Å². The van der Waals surface area contributed by atoms with Crippen LogP contribution in [0.4, 0.5) is 8.78 Å². The number of carboxylic acids is 1. The van der Waals surface area contributed by atoms with Gasteiger partial charge in [-0.15, -0.1) is 11.3 Å². The summed E-state index contributed by atoms with van der Waals surface area (Å²) in [7, 11) is 1.48. The van der Waals surface area contributed by atoms with Crippen LogP contribution < -0.4 is 4.74 Å². The molecule has 1 atom stereocenters. The third kappa shape index (κ3) is 5.21. The minimum Gasteiger partial charge on any atom is -0.497 e. The maximum Gasteiger partial charge on any atom is 0.309 e. The highest BCUT2D eigenvalue weighted by atomic mass is 32.1. The Balaban J connectivity index is 1.43. The molecule has 0 aliphatic carbocycles. The van der Waals surface area contributed by atoms with Crippen LogP contribution in [0.1, 0.15) is 42.3 Å². The van der Waals surface area contributed by atoms with E-state index in [1.165, 1.54) is 7.11 Å². The van der Waals surface area contributed by atoms with Gasteiger partial charge in [0.25, 0.3) is 0 Å². The molecule has 3 heterocycles. The van der Waals surface area contributed by atoms with Crippen molar-refractivity contribution in [2.45, 2.75) is 31.9 Å². The second-order valence-corrected chi connectivity index (χ2v) is 9.50. The maximum absolute atomic E-state index is 15.4. The largest absolute Gasteiger partial charge is 0.497 e. The number of alkyl halides is 1. The number of fused-ring (bicyclic) bond motifs is 1. The van der Waals surface area contributed by atoms with Gasteiger partial charge < -0.3 is 9.84 Å². The van der Waals surface area contributed by atoms with E-state index >= 15 is 4.39 Å². The van der Waals surface area contributed by atoms with Gasteiger partial charge in [-0.25, -0.2) is 8.78 Å². The second kappa shape index (κ2) is 10.5. The standard InChI is InChI=1S/C26H26F2N2O3S/c1-33-18-6-7-23-20(16-18)24(22(28)17-29-23)21(27)8-9-26(25(31)32)10-13-30(14-11-26)12-2-4-19-5-3-15-34-19/h3,5-7,15-17,21H,8-14H2,1H3,(H,31,32)/t21-/m0/s1. The molecule has 1 fully saturated rings. The normalized spacial score (nSPS) is 16.6. The Morgan fingerprint density at radius 3 is 2.82 bits per heavy atom. The fourth-order valence-corrected chi connectivity index (χ4v) is 5.05. The minimum atomic E-state index is -1.65. The number of hydrogen-bond donors (Lipinski definition) is 1. The van der Waals surface area contributed by atoms with Crippen LogP contribution in [0.5, 0.6) is 5.75 Å². The number of thiophene rings is 1. The average Bonchev–Trinajstić information content (AvgIpc) is 3.36. The second-order valence-electron chi connectivity index (χ2n) is 8.55. The fourth-order valence-electron chi connectivity index (χ4n) is 4.46. The first-order chi connectivity index (χ1) is 16.4. The van der Waals surface area contributed by atoms with E-state index in [9.17, 15) is 14.3 Å². The molecule has 1 N–H and O–H groups in total. The summed E-state index contributed by atoms with van der Waals surface area (Å²) in [5.74, 6) is 5.06. The van der Waals surface area contributed by atoms with E-state index in [1.54, 1.807) is 29.5 Å². The van der Waals surface area contributed by atoms with Crippen molar-refractivity contribution < 1.29 is 23.4 Å². The van der Waals surface area contributed by atoms with Crippen molar-refractivity contribution in [1.82, 2.24) is 9.88 Å². The summed E-state index contributed by atoms with van der Waals surface area (Å²) >= 11 is 1.58. The van der Waals surface area contributed by atoms with Crippen LogP contribution in [0.25, 0.3) is 10.9 Å². The summed E-state index contributed by atoms with van der Waals surface area (Å²) in [6.45, 7) is 1.72. The van der Waals surface area contributed by atoms with Crippen LogP contribution in [0.15, 0.2) is 41.9 Å². The molecule has 0 bridgehead atoms. The first-order valence-corrected chi connectivity index (χ1v) is 12.0. The number of pyridine rings is 1. The quantitative estimate of drug-likeness (QED) is 0.452. The third-order valence-corrected chi connectivity index (χ3v) is 7.35. The molecule has 34 heavy (non-hydrogen) atoms. The predicted molar refractivity (Wildman–Crippen MR) is 128 cm³/mol. The Labute approximate surface area is 201 Å². The lowest BCUT2D eigenvalue weighted by molar-refractivity contribution is -0.152. The monoisotopic (exact) mass is 484 g/mol. The number of aliphatic carboxylic acids is 1. The Bertz CT molecular complexity index is 1210. The van der Waals surface area contributed by atoms with Gasteiger partial charge >= 0.3 is 5.97 Å². The van der Waals surface area contributed by atoms with Crippen molar-refractivity contribution >= 4 is 28.2 Å². The van der Waals surface area contributed by atoms with Gasteiger partial charge in [0, 0.05) is 24.0 Å². The Kier molecular flexibility index (Phi) is 7.44. The first-order valence-electron chi connectivity index (χ1n) is 11.2. The van der Waals surface area contributed by atoms with Crippen molar-refractivity contribution in [2.75, 3.05) is 26.7 Å². The number of halogens is 2. The van der Waals surface area contributed by atoms with Gasteiger partial charge in [-0.3, -0.25) is 14.7 Å². The van der Waals surface area contributed by atoms with Gasteiger partial charge in [-0.05, 0) is 55.3 Å². The molecule has 5 nitrogen and oxygen atoms in total. The van der Waals surface area contributed by atoms with Gasteiger partial charge in [0.2, 0.25) is 0 Å². The number of piperidine rings is 1. The molecule has 1 aliphatic heterocycles. The molecule has 0 radical (unpaired) electrons. The summed E-state index contributed by atoms with van der Waals surface area (Å²) in [6.07, 6.45) is 0.220. The number of nitrogens with zero attached hydrogens (tertiary/aromatic N) is 2. The van der Waals surface area contributed by atoms with Gasteiger partial charge in [0.05, 0.1) is 35.7 Å². The lowest BCUT2D eigenvalue weighted by Gasteiger charge is -2.38. The number of carbonyl (C=O) groups is 1. The van der Waals surface area contributed by atoms with E-state index in [4.69, 9.17) is 4.74 Å². The van der Waals surface area contributed by atoms with Crippen LogP contribution in [-0.2, 0) is 4.79 Å². The molecule has 2 aromatic heterocycles. The van der Waals surface area contributed by atoms with Crippen LogP contribution in [0.2, 0.25) is 0 Å². The number of carboxylic acid groups (broad SMARTS) is 1. The molecule has 1 aromatic carbocycles. The van der Waals surface area contributed by atoms with Gasteiger partial charge in [0.15, 0.2) is 0 Å². The third-order valence-electron chi connectivity index (χ3n) is 6.56. The Hall–Kier alpha value is -3.02. The molecule has 0 unspecified atom stereocenters. The van der Waals surface area contributed by atoms with Crippen LogP contribution in [-0.4, -0.2) is 47.7 Å². The van der Waals surface area contributed by atoms with Gasteiger partial charge in [0.1, 0.15) is 17.7 Å². The number of hydrogen-bond acceptors (Lipinski definition) is 5. The molecule has 1 aliphatic rings. The highest BCUT2D eigenvalue weighted by molar-refractivity contribution is 7.10. The molecule has 1 saturated heterocycles. The van der Waals surface area contributed by atoms with Crippen molar-refractivity contribution in [3.63, 3.8) is 0 Å².